The van der Waals surface area contributed by atoms with E-state index in [1.165, 1.54) is 10.4 Å². The number of hydrogen-bond donors (Lipinski definition) is 1. The molecule has 1 aromatic heterocycles. The number of nitrogens with zero attached hydrogens (tertiary/aromatic N) is 3. The molecule has 1 N–H and O–H groups in total. The summed E-state index contributed by atoms with van der Waals surface area (Å²) in [7, 11) is 0. The molecule has 0 bridgehead atoms. The van der Waals surface area contributed by atoms with Crippen LogP contribution in [0.4, 0.5) is 0 Å². The number of aromatic nitrogens is 3. The lowest BCUT2D eigenvalue weighted by molar-refractivity contribution is 0.0690. The highest BCUT2D eigenvalue weighted by molar-refractivity contribution is 5.92. The molecule has 0 atom stereocenters. The van der Waals surface area contributed by atoms with Crippen LogP contribution in [0.2, 0.25) is 0 Å². The molecule has 0 aliphatic heterocycles. The van der Waals surface area contributed by atoms with E-state index in [2.05, 4.69) is 10.2 Å². The molecule has 0 fully saturated rings. The molecule has 2 aromatic rings. The summed E-state index contributed by atoms with van der Waals surface area (Å²) in [5, 5.41) is 17.3. The quantitative estimate of drug-likeness (QED) is 0.900. The maximum Gasteiger partial charge on any atom is 0.358 e. The van der Waals surface area contributed by atoms with Gasteiger partial charge in [0, 0.05) is 5.56 Å². The maximum absolute atomic E-state index is 11.2. The van der Waals surface area contributed by atoms with Crippen molar-refractivity contribution in [1.82, 2.24) is 15.0 Å². The minimum absolute atomic E-state index is 0.0000954. The van der Waals surface area contributed by atoms with Crippen LogP contribution in [0.25, 0.3) is 11.3 Å². The Morgan fingerprint density at radius 2 is 2.00 bits per heavy atom. The molecule has 0 radical (unpaired) electrons. The molecule has 1 aromatic carbocycles. The lowest BCUT2D eigenvalue weighted by Crippen LogP contribution is -2.02. The Morgan fingerprint density at radius 1 is 1.28 bits per heavy atom. The average Bonchev–Trinajstić information content (AvgIpc) is 2.77. The fourth-order valence-electron chi connectivity index (χ4n) is 1.72. The molecule has 1 heterocycles. The highest BCUT2D eigenvalue weighted by Crippen LogP contribution is 2.23. The van der Waals surface area contributed by atoms with Crippen molar-refractivity contribution >= 4 is 5.97 Å². The van der Waals surface area contributed by atoms with Gasteiger partial charge in [0.15, 0.2) is 5.69 Å². The third kappa shape index (κ3) is 2.11. The molecular formula is C13H15N3O2. The predicted molar refractivity (Wildman–Crippen MR) is 67.6 cm³/mol. The van der Waals surface area contributed by atoms with E-state index in [9.17, 15) is 4.79 Å². The summed E-state index contributed by atoms with van der Waals surface area (Å²) in [6.45, 7) is 6.42. The van der Waals surface area contributed by atoms with E-state index in [1.807, 2.05) is 39.0 Å². The number of aromatic carboxylic acids is 1. The molecular weight excluding hydrogens is 230 g/mol. The molecule has 0 spiro atoms. The number of carboxylic acid groups (broad SMARTS) is 1. The van der Waals surface area contributed by atoms with Crippen molar-refractivity contribution in [2.75, 3.05) is 0 Å². The summed E-state index contributed by atoms with van der Waals surface area (Å²) in [6.07, 6.45) is 0. The Morgan fingerprint density at radius 3 is 2.56 bits per heavy atom. The van der Waals surface area contributed by atoms with Gasteiger partial charge in [-0.3, -0.25) is 0 Å². The van der Waals surface area contributed by atoms with Crippen molar-refractivity contribution < 1.29 is 9.90 Å². The molecule has 94 valence electrons. The summed E-state index contributed by atoms with van der Waals surface area (Å²) < 4.78 is 0. The van der Waals surface area contributed by atoms with Crippen molar-refractivity contribution in [1.29, 1.82) is 0 Å². The van der Waals surface area contributed by atoms with Gasteiger partial charge in [0.05, 0.1) is 6.54 Å². The Hall–Kier alpha value is -2.17. The van der Waals surface area contributed by atoms with Gasteiger partial charge in [-0.25, -0.2) is 4.79 Å². The molecule has 0 amide bonds. The number of aryl methyl sites for hydroxylation is 3. The first-order chi connectivity index (χ1) is 8.52. The van der Waals surface area contributed by atoms with Crippen molar-refractivity contribution in [2.45, 2.75) is 27.3 Å². The number of hydrogen-bond acceptors (Lipinski definition) is 3. The van der Waals surface area contributed by atoms with Gasteiger partial charge in [-0.15, -0.1) is 5.10 Å². The topological polar surface area (TPSA) is 68.0 Å². The molecule has 0 saturated carbocycles. The second-order valence-electron chi connectivity index (χ2n) is 4.19. The van der Waals surface area contributed by atoms with Crippen LogP contribution in [-0.2, 0) is 6.54 Å². The minimum atomic E-state index is -1.05. The van der Waals surface area contributed by atoms with E-state index in [1.54, 1.807) is 0 Å². The van der Waals surface area contributed by atoms with E-state index >= 15 is 0 Å². The normalized spacial score (nSPS) is 10.6. The SMILES string of the molecule is CCn1nc(C(=O)O)c(-c2ccc(C)c(C)c2)n1. The van der Waals surface area contributed by atoms with E-state index in [-0.39, 0.29) is 5.69 Å². The molecule has 0 aliphatic carbocycles. The van der Waals surface area contributed by atoms with Crippen LogP contribution in [0.3, 0.4) is 0 Å². The fraction of sp³-hybridized carbons (Fsp3) is 0.308. The van der Waals surface area contributed by atoms with Crippen molar-refractivity contribution in [3.63, 3.8) is 0 Å². The Kier molecular flexibility index (Phi) is 3.14. The minimum Gasteiger partial charge on any atom is -0.476 e. The Balaban J connectivity index is 2.58. The third-order valence-corrected chi connectivity index (χ3v) is 2.92. The van der Waals surface area contributed by atoms with E-state index in [0.29, 0.717) is 12.2 Å². The van der Waals surface area contributed by atoms with Gasteiger partial charge in [-0.1, -0.05) is 12.1 Å². The molecule has 0 aliphatic rings. The molecule has 5 heteroatoms. The molecule has 18 heavy (non-hydrogen) atoms. The standard InChI is InChI=1S/C13H15N3O2/c1-4-16-14-11(12(15-16)13(17)18)10-6-5-8(2)9(3)7-10/h5-7H,4H2,1-3H3,(H,17,18). The number of carboxylic acids is 1. The van der Waals surface area contributed by atoms with Crippen LogP contribution in [0.15, 0.2) is 18.2 Å². The summed E-state index contributed by atoms with van der Waals surface area (Å²) in [5.74, 6) is -1.05. The Bertz CT molecular complexity index is 602. The van der Waals surface area contributed by atoms with Crippen LogP contribution >= 0.6 is 0 Å². The van der Waals surface area contributed by atoms with Gasteiger partial charge in [-0.05, 0) is 38.0 Å². The predicted octanol–water partition coefficient (Wildman–Crippen LogP) is 2.28. The van der Waals surface area contributed by atoms with Crippen LogP contribution in [-0.4, -0.2) is 26.1 Å². The molecule has 2 rings (SSSR count). The zero-order chi connectivity index (χ0) is 13.3. The first-order valence-electron chi connectivity index (χ1n) is 5.79. The van der Waals surface area contributed by atoms with Gasteiger partial charge in [0.25, 0.3) is 0 Å². The Labute approximate surface area is 105 Å². The second-order valence-corrected chi connectivity index (χ2v) is 4.19. The van der Waals surface area contributed by atoms with Crippen LogP contribution in [0, 0.1) is 13.8 Å². The monoisotopic (exact) mass is 245 g/mol. The first-order valence-corrected chi connectivity index (χ1v) is 5.79. The van der Waals surface area contributed by atoms with Crippen LogP contribution in [0.5, 0.6) is 0 Å². The molecule has 5 nitrogen and oxygen atoms in total. The van der Waals surface area contributed by atoms with Crippen molar-refractivity contribution in [3.8, 4) is 11.3 Å². The van der Waals surface area contributed by atoms with E-state index in [0.717, 1.165) is 11.1 Å². The van der Waals surface area contributed by atoms with Gasteiger partial charge in [0.1, 0.15) is 5.69 Å². The van der Waals surface area contributed by atoms with Gasteiger partial charge < -0.3 is 5.11 Å². The zero-order valence-corrected chi connectivity index (χ0v) is 10.6. The number of benzene rings is 1. The largest absolute Gasteiger partial charge is 0.476 e. The van der Waals surface area contributed by atoms with E-state index in [4.69, 9.17) is 5.11 Å². The first kappa shape index (κ1) is 12.3. The number of rotatable bonds is 3. The molecule has 0 unspecified atom stereocenters. The highest BCUT2D eigenvalue weighted by Gasteiger charge is 2.19. The van der Waals surface area contributed by atoms with Gasteiger partial charge in [-0.2, -0.15) is 9.90 Å². The summed E-state index contributed by atoms with van der Waals surface area (Å²) in [4.78, 5) is 12.6. The summed E-state index contributed by atoms with van der Waals surface area (Å²) in [6, 6.07) is 5.77. The summed E-state index contributed by atoms with van der Waals surface area (Å²) in [5.41, 5.74) is 3.48. The van der Waals surface area contributed by atoms with Gasteiger partial charge in [0.2, 0.25) is 0 Å². The summed E-state index contributed by atoms with van der Waals surface area (Å²) >= 11 is 0. The van der Waals surface area contributed by atoms with Gasteiger partial charge >= 0.3 is 5.97 Å². The lowest BCUT2D eigenvalue weighted by atomic mass is 10.0. The van der Waals surface area contributed by atoms with Crippen molar-refractivity contribution in [2.24, 2.45) is 0 Å². The highest BCUT2D eigenvalue weighted by atomic mass is 16.4. The maximum atomic E-state index is 11.2. The van der Waals surface area contributed by atoms with Crippen molar-refractivity contribution in [3.05, 3.63) is 35.0 Å². The number of carbonyl (C=O) groups is 1. The lowest BCUT2D eigenvalue weighted by Gasteiger charge is -2.02. The van der Waals surface area contributed by atoms with Crippen LogP contribution in [0.1, 0.15) is 28.5 Å². The second kappa shape index (κ2) is 4.60. The molecule has 0 saturated heterocycles. The smallest absolute Gasteiger partial charge is 0.358 e. The van der Waals surface area contributed by atoms with E-state index < -0.39 is 5.97 Å². The third-order valence-electron chi connectivity index (χ3n) is 2.92. The average molecular weight is 245 g/mol. The fourth-order valence-corrected chi connectivity index (χ4v) is 1.72. The van der Waals surface area contributed by atoms with Crippen LogP contribution < -0.4 is 0 Å². The zero-order valence-electron chi connectivity index (χ0n) is 10.6.